The number of rotatable bonds is 11. The third-order valence-electron chi connectivity index (χ3n) is 6.51. The van der Waals surface area contributed by atoms with Gasteiger partial charge in [0, 0.05) is 0 Å². The Labute approximate surface area is 219 Å². The number of hydrogen-bond acceptors (Lipinski definition) is 4. The van der Waals surface area contributed by atoms with E-state index in [1.165, 1.54) is 11.1 Å². The minimum atomic E-state index is -0.405. The van der Waals surface area contributed by atoms with Gasteiger partial charge in [0.1, 0.15) is 0 Å². The molecule has 2 unspecified atom stereocenters. The zero-order valence-corrected chi connectivity index (χ0v) is 22.5. The number of benzene rings is 3. The fourth-order valence-electron chi connectivity index (χ4n) is 4.75. The van der Waals surface area contributed by atoms with Crippen LogP contribution in [0.15, 0.2) is 103 Å². The van der Waals surface area contributed by atoms with Gasteiger partial charge in [0.15, 0.2) is 0 Å². The molecule has 5 heteroatoms. The van der Waals surface area contributed by atoms with E-state index >= 15 is 0 Å². The Balaban J connectivity index is 1.68. The fourth-order valence-corrected chi connectivity index (χ4v) is 6.99. The topological polar surface area (TPSA) is 52.6 Å². The molecule has 4 rings (SSSR count). The summed E-state index contributed by atoms with van der Waals surface area (Å²) in [6.45, 7) is 4.22. The van der Waals surface area contributed by atoms with Gasteiger partial charge in [0.05, 0.1) is 0 Å². The van der Waals surface area contributed by atoms with Crippen molar-refractivity contribution in [3.63, 3.8) is 0 Å². The van der Waals surface area contributed by atoms with E-state index in [-0.39, 0.29) is 44.8 Å². The molecule has 0 N–H and O–H groups in total. The predicted molar refractivity (Wildman–Crippen MR) is 143 cm³/mol. The van der Waals surface area contributed by atoms with Crippen LogP contribution in [-0.2, 0) is 24.5 Å². The van der Waals surface area contributed by atoms with Gasteiger partial charge in [-0.3, -0.25) is 0 Å². The summed E-state index contributed by atoms with van der Waals surface area (Å²) in [4.78, 5) is 25.7. The zero-order valence-electron chi connectivity index (χ0n) is 20.8. The first kappa shape index (κ1) is 25.9. The van der Waals surface area contributed by atoms with Gasteiger partial charge in [-0.25, -0.2) is 0 Å². The number of carbonyl (C=O) groups excluding carboxylic acids is 2. The molecule has 0 radical (unpaired) electrons. The van der Waals surface area contributed by atoms with E-state index in [2.05, 4.69) is 54.6 Å². The summed E-state index contributed by atoms with van der Waals surface area (Å²) in [6.07, 6.45) is 3.27. The van der Waals surface area contributed by atoms with Crippen LogP contribution in [0, 0.1) is 5.92 Å². The Kier molecular flexibility index (Phi) is 8.79. The molecule has 0 bridgehead atoms. The minimum absolute atomic E-state index is 0.133. The van der Waals surface area contributed by atoms with E-state index in [4.69, 9.17) is 9.47 Å². The molecule has 3 aromatic carbocycles. The molecule has 0 aromatic heterocycles. The summed E-state index contributed by atoms with van der Waals surface area (Å²) < 4.78 is 12.0. The molecular formula is C31H32O4Se. The summed E-state index contributed by atoms with van der Waals surface area (Å²) in [7, 11) is 0. The molecule has 36 heavy (non-hydrogen) atoms. The van der Waals surface area contributed by atoms with Gasteiger partial charge in [0.25, 0.3) is 0 Å². The van der Waals surface area contributed by atoms with Crippen molar-refractivity contribution in [2.24, 2.45) is 5.92 Å². The van der Waals surface area contributed by atoms with Crippen molar-refractivity contribution in [1.82, 2.24) is 0 Å². The van der Waals surface area contributed by atoms with Crippen molar-refractivity contribution in [2.45, 2.75) is 36.9 Å². The van der Waals surface area contributed by atoms with Crippen LogP contribution >= 0.6 is 0 Å². The summed E-state index contributed by atoms with van der Waals surface area (Å²) >= 11 is -0.182. The standard InChI is InChI=1S/C31H32O4Se/c1-3-34-29(32)23(21-28(30(33)35-4-2)36-27-18-12-7-13-19-27)20-26-22-31(26,24-14-8-5-9-15-24)25-16-10-6-11-17-25/h5-20,26,28H,3-4,21-22H2,1-2H3/b23-20-. The van der Waals surface area contributed by atoms with E-state index in [0.717, 1.165) is 10.9 Å². The first-order valence-electron chi connectivity index (χ1n) is 12.5. The SMILES string of the molecule is CCOC(=O)/C(=C\C1CC1(c1ccccc1)c1ccccc1)CC([Se]c1ccccc1)C(=O)OCC. The van der Waals surface area contributed by atoms with Crippen LogP contribution in [0.25, 0.3) is 0 Å². The number of esters is 2. The maximum atomic E-state index is 13.1. The molecule has 4 nitrogen and oxygen atoms in total. The Bertz CT molecular complexity index is 1140. The quantitative estimate of drug-likeness (QED) is 0.187. The van der Waals surface area contributed by atoms with Crippen molar-refractivity contribution in [3.8, 4) is 0 Å². The second kappa shape index (κ2) is 12.2. The van der Waals surface area contributed by atoms with Crippen molar-refractivity contribution in [3.05, 3.63) is 114 Å². The molecule has 2 atom stereocenters. The molecule has 1 fully saturated rings. The van der Waals surface area contributed by atoms with Crippen LogP contribution in [-0.4, -0.2) is 40.1 Å². The van der Waals surface area contributed by atoms with Crippen molar-refractivity contribution >= 4 is 31.4 Å². The molecule has 0 saturated heterocycles. The van der Waals surface area contributed by atoms with Crippen molar-refractivity contribution in [1.29, 1.82) is 0 Å². The van der Waals surface area contributed by atoms with E-state index in [1.807, 2.05) is 56.3 Å². The van der Waals surface area contributed by atoms with Gasteiger partial charge in [-0.2, -0.15) is 0 Å². The molecule has 1 aliphatic rings. The zero-order chi connectivity index (χ0) is 25.4. The molecule has 1 aliphatic carbocycles. The molecular weight excluding hydrogens is 515 g/mol. The van der Waals surface area contributed by atoms with E-state index in [9.17, 15) is 9.59 Å². The summed E-state index contributed by atoms with van der Waals surface area (Å²) in [5.41, 5.74) is 2.84. The first-order chi connectivity index (χ1) is 17.6. The number of carbonyl (C=O) groups is 2. The molecule has 0 spiro atoms. The van der Waals surface area contributed by atoms with Crippen molar-refractivity contribution in [2.75, 3.05) is 13.2 Å². The molecule has 186 valence electrons. The molecule has 0 aliphatic heterocycles. The van der Waals surface area contributed by atoms with Gasteiger partial charge < -0.3 is 0 Å². The Morgan fingerprint density at radius 1 is 0.861 bits per heavy atom. The number of hydrogen-bond donors (Lipinski definition) is 0. The van der Waals surface area contributed by atoms with Crippen LogP contribution in [0.4, 0.5) is 0 Å². The average molecular weight is 548 g/mol. The number of allylic oxidation sites excluding steroid dienone is 1. The molecule has 0 amide bonds. The Morgan fingerprint density at radius 3 is 1.92 bits per heavy atom. The van der Waals surface area contributed by atoms with Crippen LogP contribution in [0.1, 0.15) is 37.8 Å². The summed E-state index contributed by atoms with van der Waals surface area (Å²) in [6, 6.07) is 30.9. The third-order valence-corrected chi connectivity index (χ3v) is 9.00. The van der Waals surface area contributed by atoms with Crippen LogP contribution in [0.5, 0.6) is 0 Å². The van der Waals surface area contributed by atoms with Crippen molar-refractivity contribution < 1.29 is 19.1 Å². The first-order valence-corrected chi connectivity index (χ1v) is 14.3. The molecule has 3 aromatic rings. The van der Waals surface area contributed by atoms with Crippen LogP contribution in [0.3, 0.4) is 0 Å². The molecule has 0 heterocycles. The van der Waals surface area contributed by atoms with Gasteiger partial charge >= 0.3 is 220 Å². The van der Waals surface area contributed by atoms with E-state index in [1.54, 1.807) is 0 Å². The summed E-state index contributed by atoms with van der Waals surface area (Å²) in [5.74, 6) is -0.476. The molecule has 1 saturated carbocycles. The summed E-state index contributed by atoms with van der Waals surface area (Å²) in [5, 5.41) is 0. The second-order valence-electron chi connectivity index (χ2n) is 8.80. The third kappa shape index (κ3) is 5.97. The Hall–Kier alpha value is -3.14. The monoisotopic (exact) mass is 548 g/mol. The Morgan fingerprint density at radius 2 is 1.39 bits per heavy atom. The van der Waals surface area contributed by atoms with E-state index in [0.29, 0.717) is 18.6 Å². The van der Waals surface area contributed by atoms with Gasteiger partial charge in [-0.1, -0.05) is 0 Å². The normalized spacial score (nSPS) is 17.2. The predicted octanol–water partition coefficient (Wildman–Crippen LogP) is 5.25. The van der Waals surface area contributed by atoms with E-state index < -0.39 is 4.82 Å². The fraction of sp³-hybridized carbons (Fsp3) is 0.290. The van der Waals surface area contributed by atoms with Gasteiger partial charge in [-0.15, -0.1) is 0 Å². The average Bonchev–Trinajstić information content (AvgIpc) is 3.64. The number of ether oxygens (including phenoxy) is 2. The van der Waals surface area contributed by atoms with Crippen LogP contribution < -0.4 is 4.46 Å². The second-order valence-corrected chi connectivity index (χ2v) is 11.5. The van der Waals surface area contributed by atoms with Gasteiger partial charge in [-0.05, 0) is 0 Å². The maximum absolute atomic E-state index is 13.1. The van der Waals surface area contributed by atoms with Gasteiger partial charge in [0.2, 0.25) is 0 Å². The van der Waals surface area contributed by atoms with Crippen LogP contribution in [0.2, 0.25) is 4.82 Å².